The van der Waals surface area contributed by atoms with E-state index >= 15 is 0 Å². The third kappa shape index (κ3) is 4.52. The minimum absolute atomic E-state index is 0.0308. The first-order chi connectivity index (χ1) is 16.9. The zero-order valence-corrected chi connectivity index (χ0v) is 21.5. The van der Waals surface area contributed by atoms with Gasteiger partial charge in [-0.3, -0.25) is 23.5 Å². The van der Waals surface area contributed by atoms with Gasteiger partial charge >= 0.3 is 5.69 Å². The van der Waals surface area contributed by atoms with Crippen molar-refractivity contribution in [2.24, 2.45) is 25.4 Å². The van der Waals surface area contributed by atoms with Crippen molar-refractivity contribution >= 4 is 34.4 Å². The van der Waals surface area contributed by atoms with Crippen LogP contribution < -0.4 is 26.2 Å². The van der Waals surface area contributed by atoms with E-state index in [-0.39, 0.29) is 36.1 Å². The lowest BCUT2D eigenvalue weighted by Gasteiger charge is -2.28. The van der Waals surface area contributed by atoms with Crippen molar-refractivity contribution in [2.45, 2.75) is 40.7 Å². The second-order valence-corrected chi connectivity index (χ2v) is 10.3. The van der Waals surface area contributed by atoms with Gasteiger partial charge in [-0.2, -0.15) is 0 Å². The van der Waals surface area contributed by atoms with Crippen molar-refractivity contribution in [2.75, 3.05) is 23.4 Å². The molecule has 1 aromatic carbocycles. The van der Waals surface area contributed by atoms with E-state index in [1.165, 1.54) is 29.6 Å². The van der Waals surface area contributed by atoms with Gasteiger partial charge in [-0.1, -0.05) is 13.8 Å². The molecule has 2 aromatic heterocycles. The van der Waals surface area contributed by atoms with Crippen molar-refractivity contribution in [3.8, 4) is 5.75 Å². The van der Waals surface area contributed by atoms with Crippen LogP contribution in [0.25, 0.3) is 11.2 Å². The SMILES string of the molecule is CC(C)CCN1C(=O)C(C)(C)COc2ccc(NC(=O)Cn3cnc4c3c(=O)n(C)c(=O)n4C)cc21. The van der Waals surface area contributed by atoms with Gasteiger partial charge in [-0.05, 0) is 44.4 Å². The Hall–Kier alpha value is -3.89. The Labute approximate surface area is 208 Å². The molecule has 0 bridgehead atoms. The van der Waals surface area contributed by atoms with Gasteiger partial charge in [0, 0.05) is 26.3 Å². The molecule has 0 aliphatic carbocycles. The summed E-state index contributed by atoms with van der Waals surface area (Å²) in [4.78, 5) is 56.9. The largest absolute Gasteiger partial charge is 0.490 e. The van der Waals surface area contributed by atoms with Crippen LogP contribution >= 0.6 is 0 Å². The van der Waals surface area contributed by atoms with Crippen LogP contribution in [0.3, 0.4) is 0 Å². The van der Waals surface area contributed by atoms with Crippen LogP contribution in [-0.2, 0) is 30.2 Å². The monoisotopic (exact) mass is 496 g/mol. The van der Waals surface area contributed by atoms with Gasteiger partial charge in [0.25, 0.3) is 5.56 Å². The molecular formula is C25H32N6O5. The number of hydrogen-bond acceptors (Lipinski definition) is 6. The maximum absolute atomic E-state index is 13.3. The van der Waals surface area contributed by atoms with Gasteiger partial charge in [0.2, 0.25) is 11.8 Å². The van der Waals surface area contributed by atoms with Gasteiger partial charge in [0.1, 0.15) is 18.9 Å². The summed E-state index contributed by atoms with van der Waals surface area (Å²) in [6, 6.07) is 5.21. The van der Waals surface area contributed by atoms with E-state index < -0.39 is 16.7 Å². The fourth-order valence-electron chi connectivity index (χ4n) is 4.20. The highest BCUT2D eigenvalue weighted by Gasteiger charge is 2.37. The summed E-state index contributed by atoms with van der Waals surface area (Å²) < 4.78 is 9.62. The van der Waals surface area contributed by atoms with Crippen LogP contribution in [0.15, 0.2) is 34.1 Å². The standard InChI is InChI=1S/C25H32N6O5/c1-15(2)9-10-31-17-11-16(7-8-18(17)36-13-25(3,4)23(31)34)27-19(32)12-30-14-26-21-20(30)22(33)29(6)24(35)28(21)5/h7-8,11,14-15H,9-10,12-13H2,1-6H3,(H,27,32). The van der Waals surface area contributed by atoms with Crippen molar-refractivity contribution < 1.29 is 14.3 Å². The van der Waals surface area contributed by atoms with Gasteiger partial charge in [0.05, 0.1) is 17.4 Å². The maximum atomic E-state index is 13.3. The molecular weight excluding hydrogens is 464 g/mol. The van der Waals surface area contributed by atoms with Crippen LogP contribution in [0.5, 0.6) is 5.75 Å². The smallest absolute Gasteiger partial charge is 0.332 e. The molecule has 192 valence electrons. The maximum Gasteiger partial charge on any atom is 0.332 e. The first kappa shape index (κ1) is 25.2. The Morgan fingerprint density at radius 2 is 1.89 bits per heavy atom. The molecule has 11 heteroatoms. The third-order valence-electron chi connectivity index (χ3n) is 6.41. The number of aryl methyl sites for hydroxylation is 1. The zero-order valence-electron chi connectivity index (χ0n) is 21.5. The quantitative estimate of drug-likeness (QED) is 0.556. The summed E-state index contributed by atoms with van der Waals surface area (Å²) in [5, 5.41) is 2.84. The Balaban J connectivity index is 1.62. The highest BCUT2D eigenvalue weighted by molar-refractivity contribution is 6.00. The number of ether oxygens (including phenoxy) is 1. The van der Waals surface area contributed by atoms with Crippen molar-refractivity contribution in [1.82, 2.24) is 18.7 Å². The second-order valence-electron chi connectivity index (χ2n) is 10.3. The summed E-state index contributed by atoms with van der Waals surface area (Å²) in [6.07, 6.45) is 2.19. The van der Waals surface area contributed by atoms with E-state index in [2.05, 4.69) is 24.1 Å². The first-order valence-electron chi connectivity index (χ1n) is 11.9. The van der Waals surface area contributed by atoms with Crippen LogP contribution in [0.2, 0.25) is 0 Å². The molecule has 0 radical (unpaired) electrons. The number of benzene rings is 1. The molecule has 3 heterocycles. The number of hydrogen-bond donors (Lipinski definition) is 1. The molecule has 3 aromatic rings. The Morgan fingerprint density at radius 1 is 1.17 bits per heavy atom. The number of rotatable bonds is 6. The second kappa shape index (κ2) is 9.29. The van der Waals surface area contributed by atoms with Crippen LogP contribution in [0.4, 0.5) is 11.4 Å². The lowest BCUT2D eigenvalue weighted by atomic mass is 9.92. The van der Waals surface area contributed by atoms with E-state index in [0.717, 1.165) is 11.0 Å². The number of aromatic nitrogens is 4. The van der Waals surface area contributed by atoms with Gasteiger partial charge in [0.15, 0.2) is 11.2 Å². The Kier molecular flexibility index (Phi) is 6.50. The Bertz CT molecular complexity index is 1460. The van der Waals surface area contributed by atoms with Crippen LogP contribution in [0, 0.1) is 11.3 Å². The number of imidazole rings is 1. The molecule has 0 fully saturated rings. The van der Waals surface area contributed by atoms with E-state index in [4.69, 9.17) is 4.74 Å². The summed E-state index contributed by atoms with van der Waals surface area (Å²) in [7, 11) is 2.90. The summed E-state index contributed by atoms with van der Waals surface area (Å²) >= 11 is 0. The number of nitrogens with one attached hydrogen (secondary N) is 1. The predicted octanol–water partition coefficient (Wildman–Crippen LogP) is 1.87. The normalized spacial score (nSPS) is 15.1. The number of carbonyl (C=O) groups is 2. The van der Waals surface area contributed by atoms with Crippen LogP contribution in [-0.4, -0.2) is 43.7 Å². The number of amides is 2. The fraction of sp³-hybridized carbons (Fsp3) is 0.480. The predicted molar refractivity (Wildman–Crippen MR) is 136 cm³/mol. The molecule has 1 N–H and O–H groups in total. The van der Waals surface area contributed by atoms with Gasteiger partial charge in [-0.25, -0.2) is 9.78 Å². The minimum Gasteiger partial charge on any atom is -0.490 e. The van der Waals surface area contributed by atoms with Gasteiger partial charge in [-0.15, -0.1) is 0 Å². The number of anilines is 2. The topological polar surface area (TPSA) is 120 Å². The average Bonchev–Trinajstić information content (AvgIpc) is 3.20. The lowest BCUT2D eigenvalue weighted by Crippen LogP contribution is -2.42. The molecule has 1 aliphatic heterocycles. The lowest BCUT2D eigenvalue weighted by molar-refractivity contribution is -0.127. The van der Waals surface area contributed by atoms with Crippen molar-refractivity contribution in [1.29, 1.82) is 0 Å². The van der Waals surface area contributed by atoms with E-state index in [0.29, 0.717) is 29.6 Å². The molecule has 1 aliphatic rings. The highest BCUT2D eigenvalue weighted by atomic mass is 16.5. The molecule has 11 nitrogen and oxygen atoms in total. The molecule has 36 heavy (non-hydrogen) atoms. The molecule has 0 unspecified atom stereocenters. The third-order valence-corrected chi connectivity index (χ3v) is 6.41. The molecule has 4 rings (SSSR count). The van der Waals surface area contributed by atoms with E-state index in [1.54, 1.807) is 23.1 Å². The number of nitrogens with zero attached hydrogens (tertiary/aromatic N) is 5. The van der Waals surface area contributed by atoms with Crippen molar-refractivity contribution in [3.05, 3.63) is 45.4 Å². The van der Waals surface area contributed by atoms with E-state index in [1.807, 2.05) is 13.8 Å². The molecule has 0 atom stereocenters. The fourth-order valence-corrected chi connectivity index (χ4v) is 4.20. The van der Waals surface area contributed by atoms with Crippen molar-refractivity contribution in [3.63, 3.8) is 0 Å². The van der Waals surface area contributed by atoms with E-state index in [9.17, 15) is 19.2 Å². The number of carbonyl (C=O) groups excluding carboxylic acids is 2. The highest BCUT2D eigenvalue weighted by Crippen LogP contribution is 2.38. The Morgan fingerprint density at radius 3 is 2.58 bits per heavy atom. The summed E-state index contributed by atoms with van der Waals surface area (Å²) in [5.74, 6) is 0.575. The van der Waals surface area contributed by atoms with Crippen LogP contribution in [0.1, 0.15) is 34.1 Å². The first-order valence-corrected chi connectivity index (χ1v) is 11.9. The average molecular weight is 497 g/mol. The zero-order chi connectivity index (χ0) is 26.4. The summed E-state index contributed by atoms with van der Waals surface area (Å²) in [5.41, 5.74) is -0.224. The molecule has 0 saturated heterocycles. The van der Waals surface area contributed by atoms with Gasteiger partial charge < -0.3 is 19.5 Å². The molecule has 0 saturated carbocycles. The minimum atomic E-state index is -0.686. The number of fused-ring (bicyclic) bond motifs is 2. The molecule has 2 amide bonds. The summed E-state index contributed by atoms with van der Waals surface area (Å²) in [6.45, 7) is 8.55. The molecule has 0 spiro atoms.